The lowest BCUT2D eigenvalue weighted by Gasteiger charge is -2.32. The molecule has 0 spiro atoms. The Hall–Kier alpha value is -2.73. The zero-order valence-electron chi connectivity index (χ0n) is 15.5. The van der Waals surface area contributed by atoms with Gasteiger partial charge in [0.25, 0.3) is 11.8 Å². The van der Waals surface area contributed by atoms with Crippen molar-refractivity contribution in [1.82, 2.24) is 4.90 Å². The van der Waals surface area contributed by atoms with E-state index in [1.54, 1.807) is 30.2 Å². The van der Waals surface area contributed by atoms with Gasteiger partial charge in [-0.3, -0.25) is 9.59 Å². The first-order chi connectivity index (χ1) is 13.0. The highest BCUT2D eigenvalue weighted by molar-refractivity contribution is 6.09. The molecular formula is C21H23FN2O3. The van der Waals surface area contributed by atoms with Gasteiger partial charge in [0, 0.05) is 20.2 Å². The Balaban J connectivity index is 1.84. The van der Waals surface area contributed by atoms with Crippen molar-refractivity contribution in [1.29, 1.82) is 0 Å². The summed E-state index contributed by atoms with van der Waals surface area (Å²) in [6, 6.07) is 11.1. The van der Waals surface area contributed by atoms with Gasteiger partial charge in [0.05, 0.1) is 22.9 Å². The highest BCUT2D eigenvalue weighted by Crippen LogP contribution is 2.25. The van der Waals surface area contributed by atoms with Crippen molar-refractivity contribution in [2.45, 2.75) is 25.9 Å². The van der Waals surface area contributed by atoms with Crippen LogP contribution in [0.15, 0.2) is 42.5 Å². The number of aryl methyl sites for hydroxylation is 1. The Kier molecular flexibility index (Phi) is 5.86. The van der Waals surface area contributed by atoms with E-state index < -0.39 is 11.7 Å². The van der Waals surface area contributed by atoms with E-state index in [0.29, 0.717) is 24.3 Å². The van der Waals surface area contributed by atoms with Crippen molar-refractivity contribution in [3.8, 4) is 0 Å². The maximum absolute atomic E-state index is 13.9. The lowest BCUT2D eigenvalue weighted by molar-refractivity contribution is 0.0351. The summed E-state index contributed by atoms with van der Waals surface area (Å²) in [5.74, 6) is -1.32. The number of nitrogens with one attached hydrogen (secondary N) is 1. The molecule has 0 atom stereocenters. The van der Waals surface area contributed by atoms with E-state index in [2.05, 4.69) is 5.32 Å². The molecule has 5 nitrogen and oxygen atoms in total. The van der Waals surface area contributed by atoms with E-state index in [1.165, 1.54) is 18.2 Å². The van der Waals surface area contributed by atoms with Crippen LogP contribution in [-0.4, -0.2) is 43.0 Å². The molecule has 0 radical (unpaired) electrons. The van der Waals surface area contributed by atoms with Crippen molar-refractivity contribution in [3.63, 3.8) is 0 Å². The molecule has 2 aromatic rings. The Morgan fingerprint density at radius 3 is 2.41 bits per heavy atom. The molecule has 1 aliphatic rings. The van der Waals surface area contributed by atoms with Crippen LogP contribution in [0.4, 0.5) is 10.1 Å². The second kappa shape index (κ2) is 8.31. The maximum Gasteiger partial charge on any atom is 0.258 e. The number of carbonyl (C=O) groups is 2. The van der Waals surface area contributed by atoms with E-state index in [9.17, 15) is 14.0 Å². The number of rotatable bonds is 4. The van der Waals surface area contributed by atoms with Crippen molar-refractivity contribution < 1.29 is 18.7 Å². The molecule has 1 heterocycles. The van der Waals surface area contributed by atoms with Crippen molar-refractivity contribution in [2.75, 3.05) is 25.5 Å². The number of anilines is 1. The molecule has 1 N–H and O–H groups in total. The SMILES string of the molecule is COC1CCN(C(=O)c2cccc(C)c2NC(=O)c2ccccc2F)CC1. The highest BCUT2D eigenvalue weighted by Gasteiger charge is 2.26. The third-order valence-corrected chi connectivity index (χ3v) is 4.92. The molecule has 27 heavy (non-hydrogen) atoms. The number of ether oxygens (including phenoxy) is 1. The summed E-state index contributed by atoms with van der Waals surface area (Å²) in [6.45, 7) is 3.02. The molecule has 0 aromatic heterocycles. The van der Waals surface area contributed by atoms with Gasteiger partial charge >= 0.3 is 0 Å². The van der Waals surface area contributed by atoms with E-state index in [-0.39, 0.29) is 17.6 Å². The number of benzene rings is 2. The molecule has 0 aliphatic carbocycles. The minimum absolute atomic E-state index is 0.0555. The summed E-state index contributed by atoms with van der Waals surface area (Å²) in [5.41, 5.74) is 1.53. The third-order valence-electron chi connectivity index (χ3n) is 4.92. The number of hydrogen-bond acceptors (Lipinski definition) is 3. The molecule has 2 amide bonds. The molecule has 0 saturated carbocycles. The number of piperidine rings is 1. The molecule has 0 bridgehead atoms. The summed E-state index contributed by atoms with van der Waals surface area (Å²) >= 11 is 0. The van der Waals surface area contributed by atoms with Gasteiger partial charge in [0.2, 0.25) is 0 Å². The Morgan fingerprint density at radius 2 is 1.74 bits per heavy atom. The molecule has 0 unspecified atom stereocenters. The molecule has 1 aliphatic heterocycles. The topological polar surface area (TPSA) is 58.6 Å². The first-order valence-corrected chi connectivity index (χ1v) is 8.99. The second-order valence-corrected chi connectivity index (χ2v) is 6.66. The normalized spacial score (nSPS) is 14.9. The lowest BCUT2D eigenvalue weighted by Crippen LogP contribution is -2.41. The predicted molar refractivity (Wildman–Crippen MR) is 101 cm³/mol. The number of methoxy groups -OCH3 is 1. The quantitative estimate of drug-likeness (QED) is 0.894. The largest absolute Gasteiger partial charge is 0.381 e. The average molecular weight is 370 g/mol. The first-order valence-electron chi connectivity index (χ1n) is 8.99. The van der Waals surface area contributed by atoms with Gasteiger partial charge in [0.1, 0.15) is 5.82 Å². The molecular weight excluding hydrogens is 347 g/mol. The van der Waals surface area contributed by atoms with Crippen LogP contribution in [0.5, 0.6) is 0 Å². The number of hydrogen-bond donors (Lipinski definition) is 1. The number of carbonyl (C=O) groups excluding carboxylic acids is 2. The van der Waals surface area contributed by atoms with Gasteiger partial charge < -0.3 is 15.0 Å². The maximum atomic E-state index is 13.9. The fraction of sp³-hybridized carbons (Fsp3) is 0.333. The molecule has 1 saturated heterocycles. The standard InChI is InChI=1S/C21H23FN2O3/c1-14-6-5-8-17(21(26)24-12-10-15(27-2)11-13-24)19(14)23-20(25)16-7-3-4-9-18(16)22/h3-9,15H,10-13H2,1-2H3,(H,23,25). The summed E-state index contributed by atoms with van der Waals surface area (Å²) in [7, 11) is 1.68. The Labute approximate surface area is 158 Å². The summed E-state index contributed by atoms with van der Waals surface area (Å²) in [4.78, 5) is 27.3. The van der Waals surface area contributed by atoms with E-state index in [1.807, 2.05) is 13.0 Å². The van der Waals surface area contributed by atoms with Crippen LogP contribution in [-0.2, 0) is 4.74 Å². The number of amides is 2. The van der Waals surface area contributed by atoms with Gasteiger partial charge in [-0.15, -0.1) is 0 Å². The number of likely N-dealkylation sites (tertiary alicyclic amines) is 1. The van der Waals surface area contributed by atoms with Crippen molar-refractivity contribution >= 4 is 17.5 Å². The van der Waals surface area contributed by atoms with Crippen LogP contribution in [0, 0.1) is 12.7 Å². The highest BCUT2D eigenvalue weighted by atomic mass is 19.1. The smallest absolute Gasteiger partial charge is 0.258 e. The molecule has 2 aromatic carbocycles. The van der Waals surface area contributed by atoms with Crippen molar-refractivity contribution in [2.24, 2.45) is 0 Å². The van der Waals surface area contributed by atoms with Crippen LogP contribution < -0.4 is 5.32 Å². The van der Waals surface area contributed by atoms with Gasteiger partial charge in [-0.25, -0.2) is 4.39 Å². The van der Waals surface area contributed by atoms with Crippen molar-refractivity contribution in [3.05, 3.63) is 65.0 Å². The van der Waals surface area contributed by atoms with Gasteiger partial charge in [-0.1, -0.05) is 24.3 Å². The number of para-hydroxylation sites is 1. The van der Waals surface area contributed by atoms with E-state index >= 15 is 0 Å². The summed E-state index contributed by atoms with van der Waals surface area (Å²) < 4.78 is 19.3. The predicted octanol–water partition coefficient (Wildman–Crippen LogP) is 3.64. The van der Waals surface area contributed by atoms with Gasteiger partial charge in [-0.2, -0.15) is 0 Å². The summed E-state index contributed by atoms with van der Waals surface area (Å²) in [6.07, 6.45) is 1.74. The Morgan fingerprint density at radius 1 is 1.07 bits per heavy atom. The minimum Gasteiger partial charge on any atom is -0.381 e. The van der Waals surface area contributed by atoms with Crippen LogP contribution >= 0.6 is 0 Å². The molecule has 142 valence electrons. The lowest BCUT2D eigenvalue weighted by atomic mass is 10.0. The monoisotopic (exact) mass is 370 g/mol. The van der Waals surface area contributed by atoms with E-state index in [4.69, 9.17) is 4.74 Å². The zero-order valence-corrected chi connectivity index (χ0v) is 15.5. The van der Waals surface area contributed by atoms with Crippen LogP contribution in [0.3, 0.4) is 0 Å². The average Bonchev–Trinajstić information content (AvgIpc) is 2.69. The zero-order chi connectivity index (χ0) is 19.4. The molecule has 6 heteroatoms. The van der Waals surface area contributed by atoms with Crippen LogP contribution in [0.2, 0.25) is 0 Å². The fourth-order valence-corrected chi connectivity index (χ4v) is 3.30. The van der Waals surface area contributed by atoms with Gasteiger partial charge in [-0.05, 0) is 43.5 Å². The second-order valence-electron chi connectivity index (χ2n) is 6.66. The Bertz CT molecular complexity index is 845. The molecule has 1 fully saturated rings. The van der Waals surface area contributed by atoms with Crippen LogP contribution in [0.25, 0.3) is 0 Å². The molecule has 3 rings (SSSR count). The van der Waals surface area contributed by atoms with Gasteiger partial charge in [0.15, 0.2) is 0 Å². The number of halogens is 1. The first kappa shape index (κ1) is 19.0. The third kappa shape index (κ3) is 4.17. The summed E-state index contributed by atoms with van der Waals surface area (Å²) in [5, 5.41) is 2.72. The van der Waals surface area contributed by atoms with Crippen LogP contribution in [0.1, 0.15) is 39.1 Å². The fourth-order valence-electron chi connectivity index (χ4n) is 3.30. The van der Waals surface area contributed by atoms with E-state index in [0.717, 1.165) is 18.4 Å². The minimum atomic E-state index is -0.599. The number of nitrogens with zero attached hydrogens (tertiary/aromatic N) is 1.